The van der Waals surface area contributed by atoms with Gasteiger partial charge in [-0.15, -0.1) is 5.10 Å². The summed E-state index contributed by atoms with van der Waals surface area (Å²) in [5.74, 6) is 0. The Balaban J connectivity index is 2.19. The number of hydrogen-bond acceptors (Lipinski definition) is 4. The van der Waals surface area contributed by atoms with Gasteiger partial charge < -0.3 is 0 Å². The van der Waals surface area contributed by atoms with Gasteiger partial charge in [-0.1, -0.05) is 5.21 Å². The summed E-state index contributed by atoms with van der Waals surface area (Å²) in [4.78, 5) is 4.30. The van der Waals surface area contributed by atoms with E-state index in [9.17, 15) is 0 Å². The van der Waals surface area contributed by atoms with Gasteiger partial charge in [-0.3, -0.25) is 15.2 Å². The van der Waals surface area contributed by atoms with Crippen LogP contribution in [0.4, 0.5) is 0 Å². The molecule has 0 saturated heterocycles. The van der Waals surface area contributed by atoms with Crippen molar-refractivity contribution in [2.24, 2.45) is 0 Å². The van der Waals surface area contributed by atoms with Crippen molar-refractivity contribution in [3.8, 4) is 22.6 Å². The Morgan fingerprint density at radius 1 is 1.06 bits per heavy atom. The van der Waals surface area contributed by atoms with Gasteiger partial charge in [0.15, 0.2) is 0 Å². The minimum absolute atomic E-state index is 0.707. The Kier molecular flexibility index (Phi) is 1.96. The number of nitrogens with zero attached hydrogens (tertiary/aromatic N) is 4. The molecule has 3 aromatic rings. The normalized spacial score (nSPS) is 10.5. The fraction of sp³-hybridized carbons (Fsp3) is 0. The number of hydrogen-bond donors (Lipinski definition) is 2. The Hall–Kier alpha value is -2.50. The minimum Gasteiger partial charge on any atom is -0.285 e. The maximum absolute atomic E-state index is 4.30. The average Bonchev–Trinajstić information content (AvgIpc) is 3.03. The summed E-state index contributed by atoms with van der Waals surface area (Å²) in [6.07, 6.45) is 5.20. The molecule has 0 aliphatic rings. The number of pyridine rings is 1. The SMILES string of the molecule is c1cnc(-c2c[nH]nn2)c(-c2cc[nH]n2)c1. The van der Waals surface area contributed by atoms with E-state index in [1.54, 1.807) is 18.6 Å². The van der Waals surface area contributed by atoms with Crippen molar-refractivity contribution < 1.29 is 0 Å². The molecule has 0 fully saturated rings. The van der Waals surface area contributed by atoms with E-state index >= 15 is 0 Å². The lowest BCUT2D eigenvalue weighted by Crippen LogP contribution is -1.89. The van der Waals surface area contributed by atoms with Crippen molar-refractivity contribution >= 4 is 0 Å². The van der Waals surface area contributed by atoms with Gasteiger partial charge in [0.2, 0.25) is 0 Å². The molecule has 0 spiro atoms. The zero-order valence-electron chi connectivity index (χ0n) is 8.25. The predicted octanol–water partition coefficient (Wildman–Crippen LogP) is 1.26. The van der Waals surface area contributed by atoms with E-state index < -0.39 is 0 Å². The van der Waals surface area contributed by atoms with Gasteiger partial charge in [-0.2, -0.15) is 5.10 Å². The van der Waals surface area contributed by atoms with Crippen LogP contribution in [0.25, 0.3) is 22.6 Å². The van der Waals surface area contributed by atoms with Gasteiger partial charge in [-0.25, -0.2) is 0 Å². The quantitative estimate of drug-likeness (QED) is 0.669. The van der Waals surface area contributed by atoms with Crippen LogP contribution in [0.1, 0.15) is 0 Å². The molecule has 16 heavy (non-hydrogen) atoms. The third kappa shape index (κ3) is 1.36. The summed E-state index contributed by atoms with van der Waals surface area (Å²) in [6.45, 7) is 0. The van der Waals surface area contributed by atoms with E-state index in [4.69, 9.17) is 0 Å². The van der Waals surface area contributed by atoms with Crippen LogP contribution < -0.4 is 0 Å². The van der Waals surface area contributed by atoms with Crippen LogP contribution in [0.2, 0.25) is 0 Å². The molecular formula is C10H8N6. The Morgan fingerprint density at radius 3 is 2.81 bits per heavy atom. The molecule has 6 nitrogen and oxygen atoms in total. The number of aromatic nitrogens is 6. The van der Waals surface area contributed by atoms with Gasteiger partial charge in [0.05, 0.1) is 11.9 Å². The molecule has 78 valence electrons. The summed E-state index contributed by atoms with van der Waals surface area (Å²) in [5, 5.41) is 17.2. The standard InChI is InChI=1S/C10H8N6/c1-2-7(8-3-5-12-14-8)10(11-4-1)9-6-13-16-15-9/h1-6H,(H,12,14)(H,13,15,16). The predicted molar refractivity (Wildman–Crippen MR) is 57.2 cm³/mol. The van der Waals surface area contributed by atoms with Crippen molar-refractivity contribution in [3.05, 3.63) is 36.8 Å². The maximum atomic E-state index is 4.30. The van der Waals surface area contributed by atoms with Crippen LogP contribution in [-0.4, -0.2) is 30.6 Å². The minimum atomic E-state index is 0.707. The maximum Gasteiger partial charge on any atom is 0.131 e. The van der Waals surface area contributed by atoms with Crippen LogP contribution in [-0.2, 0) is 0 Å². The molecule has 3 heterocycles. The monoisotopic (exact) mass is 212 g/mol. The second-order valence-corrected chi connectivity index (χ2v) is 3.22. The van der Waals surface area contributed by atoms with Crippen LogP contribution in [0.5, 0.6) is 0 Å². The van der Waals surface area contributed by atoms with Crippen LogP contribution in [0, 0.1) is 0 Å². The summed E-state index contributed by atoms with van der Waals surface area (Å²) < 4.78 is 0. The van der Waals surface area contributed by atoms with Gasteiger partial charge >= 0.3 is 0 Å². The molecule has 0 saturated carbocycles. The summed E-state index contributed by atoms with van der Waals surface area (Å²) in [6, 6.07) is 5.71. The molecule has 0 aliphatic carbocycles. The van der Waals surface area contributed by atoms with Gasteiger partial charge in [0.1, 0.15) is 11.4 Å². The first-order chi connectivity index (χ1) is 7.95. The number of H-pyrrole nitrogens is 2. The van der Waals surface area contributed by atoms with Crippen LogP contribution >= 0.6 is 0 Å². The topological polar surface area (TPSA) is 83.1 Å². The lowest BCUT2D eigenvalue weighted by molar-refractivity contribution is 0.941. The van der Waals surface area contributed by atoms with Crippen molar-refractivity contribution in [1.82, 2.24) is 30.6 Å². The number of nitrogens with one attached hydrogen (secondary N) is 2. The first-order valence-electron chi connectivity index (χ1n) is 4.77. The fourth-order valence-corrected chi connectivity index (χ4v) is 1.54. The van der Waals surface area contributed by atoms with E-state index in [1.165, 1.54) is 0 Å². The van der Waals surface area contributed by atoms with Gasteiger partial charge in [0.25, 0.3) is 0 Å². The lowest BCUT2D eigenvalue weighted by atomic mass is 10.1. The van der Waals surface area contributed by atoms with Crippen LogP contribution in [0.3, 0.4) is 0 Å². The first kappa shape index (κ1) is 8.78. The van der Waals surface area contributed by atoms with E-state index in [0.29, 0.717) is 5.69 Å². The second-order valence-electron chi connectivity index (χ2n) is 3.22. The molecule has 0 bridgehead atoms. The molecule has 0 radical (unpaired) electrons. The van der Waals surface area contributed by atoms with E-state index in [-0.39, 0.29) is 0 Å². The zero-order valence-corrected chi connectivity index (χ0v) is 8.25. The molecule has 0 aromatic carbocycles. The third-order valence-corrected chi connectivity index (χ3v) is 2.24. The number of aromatic amines is 2. The van der Waals surface area contributed by atoms with E-state index in [2.05, 4.69) is 30.6 Å². The summed E-state index contributed by atoms with van der Waals surface area (Å²) >= 11 is 0. The van der Waals surface area contributed by atoms with E-state index in [1.807, 2.05) is 18.2 Å². The molecular weight excluding hydrogens is 204 g/mol. The highest BCUT2D eigenvalue weighted by Crippen LogP contribution is 2.26. The third-order valence-electron chi connectivity index (χ3n) is 2.24. The van der Waals surface area contributed by atoms with Gasteiger partial charge in [-0.05, 0) is 18.2 Å². The molecule has 3 rings (SSSR count). The smallest absolute Gasteiger partial charge is 0.131 e. The Bertz CT molecular complexity index is 516. The van der Waals surface area contributed by atoms with E-state index in [0.717, 1.165) is 17.0 Å². The molecule has 6 heteroatoms. The molecule has 0 amide bonds. The zero-order chi connectivity index (χ0) is 10.8. The number of rotatable bonds is 2. The second kappa shape index (κ2) is 3.58. The molecule has 2 N–H and O–H groups in total. The van der Waals surface area contributed by atoms with Crippen molar-refractivity contribution in [2.75, 3.05) is 0 Å². The molecule has 0 unspecified atom stereocenters. The molecule has 0 aliphatic heterocycles. The molecule has 0 atom stereocenters. The highest BCUT2D eigenvalue weighted by Gasteiger charge is 2.11. The summed E-state index contributed by atoms with van der Waals surface area (Å²) in [7, 11) is 0. The fourth-order valence-electron chi connectivity index (χ4n) is 1.54. The largest absolute Gasteiger partial charge is 0.285 e. The van der Waals surface area contributed by atoms with Crippen LogP contribution in [0.15, 0.2) is 36.8 Å². The van der Waals surface area contributed by atoms with Crippen molar-refractivity contribution in [1.29, 1.82) is 0 Å². The lowest BCUT2D eigenvalue weighted by Gasteiger charge is -2.01. The van der Waals surface area contributed by atoms with Crippen molar-refractivity contribution in [2.45, 2.75) is 0 Å². The highest BCUT2D eigenvalue weighted by molar-refractivity contribution is 5.76. The Morgan fingerprint density at radius 2 is 2.06 bits per heavy atom. The summed E-state index contributed by atoms with van der Waals surface area (Å²) in [5.41, 5.74) is 3.24. The first-order valence-corrected chi connectivity index (χ1v) is 4.77. The van der Waals surface area contributed by atoms with Crippen molar-refractivity contribution in [3.63, 3.8) is 0 Å². The average molecular weight is 212 g/mol. The Labute approximate surface area is 90.7 Å². The van der Waals surface area contributed by atoms with Gasteiger partial charge in [0, 0.05) is 18.0 Å². The molecule has 3 aromatic heterocycles. The highest BCUT2D eigenvalue weighted by atomic mass is 15.3.